The number of pyridine rings is 2. The number of hydrogen-bond donors (Lipinski definition) is 2. The van der Waals surface area contributed by atoms with Gasteiger partial charge in [0.05, 0.1) is 17.4 Å². The first kappa shape index (κ1) is 19.6. The summed E-state index contributed by atoms with van der Waals surface area (Å²) in [6.07, 6.45) is 3.81. The molecule has 0 bridgehead atoms. The van der Waals surface area contributed by atoms with E-state index in [0.717, 1.165) is 31.0 Å². The number of rotatable bonds is 3. The SMILES string of the molecule is Cc1c(N2C[C@@H](N)C[C@@H]2C)c(F)cn2c(=O)c(C(=O)O)cc(C3CC3)c12.Cl. The minimum atomic E-state index is -1.28. The van der Waals surface area contributed by atoms with Gasteiger partial charge in [-0.15, -0.1) is 12.4 Å². The highest BCUT2D eigenvalue weighted by Crippen LogP contribution is 2.44. The molecule has 1 saturated heterocycles. The molecule has 2 atom stereocenters. The Morgan fingerprint density at radius 2 is 2.04 bits per heavy atom. The van der Waals surface area contributed by atoms with Crippen molar-refractivity contribution in [2.45, 2.75) is 51.1 Å². The second-order valence-corrected chi connectivity index (χ2v) is 7.56. The third-order valence-electron chi connectivity index (χ3n) is 5.58. The number of aryl methyl sites for hydroxylation is 1. The van der Waals surface area contributed by atoms with Crippen LogP contribution in [-0.4, -0.2) is 34.1 Å². The van der Waals surface area contributed by atoms with E-state index in [9.17, 15) is 14.7 Å². The van der Waals surface area contributed by atoms with Crippen LogP contribution in [0.5, 0.6) is 0 Å². The largest absolute Gasteiger partial charge is 0.477 e. The molecular formula is C19H23ClFN3O3. The molecule has 0 aromatic carbocycles. The smallest absolute Gasteiger partial charge is 0.341 e. The minimum Gasteiger partial charge on any atom is -0.477 e. The lowest BCUT2D eigenvalue weighted by Crippen LogP contribution is -2.32. The van der Waals surface area contributed by atoms with Gasteiger partial charge in [0.1, 0.15) is 5.56 Å². The maximum absolute atomic E-state index is 15.0. The van der Waals surface area contributed by atoms with Gasteiger partial charge in [-0.3, -0.25) is 9.20 Å². The van der Waals surface area contributed by atoms with Crippen LogP contribution in [0.4, 0.5) is 10.1 Å². The summed E-state index contributed by atoms with van der Waals surface area (Å²) in [4.78, 5) is 26.0. The third-order valence-corrected chi connectivity index (χ3v) is 5.58. The van der Waals surface area contributed by atoms with Crippen LogP contribution in [0.2, 0.25) is 0 Å². The Morgan fingerprint density at radius 1 is 1.37 bits per heavy atom. The molecule has 3 N–H and O–H groups in total. The Hall–Kier alpha value is -2.12. The Labute approximate surface area is 162 Å². The maximum Gasteiger partial charge on any atom is 0.341 e. The van der Waals surface area contributed by atoms with Crippen molar-refractivity contribution in [2.24, 2.45) is 5.73 Å². The van der Waals surface area contributed by atoms with Crippen LogP contribution in [-0.2, 0) is 0 Å². The second-order valence-electron chi connectivity index (χ2n) is 7.56. The summed E-state index contributed by atoms with van der Waals surface area (Å²) in [5, 5.41) is 9.35. The van der Waals surface area contributed by atoms with Crippen molar-refractivity contribution in [3.05, 3.63) is 45.1 Å². The van der Waals surface area contributed by atoms with E-state index in [0.29, 0.717) is 23.3 Å². The monoisotopic (exact) mass is 395 g/mol. The topological polar surface area (TPSA) is 88.0 Å². The number of carboxylic acids is 1. The van der Waals surface area contributed by atoms with Gasteiger partial charge in [0.25, 0.3) is 5.56 Å². The summed E-state index contributed by atoms with van der Waals surface area (Å²) >= 11 is 0. The standard InChI is InChI=1S/C19H22FN3O3.ClH/c1-9-5-12(21)7-22(9)17-10(2)16-13(11-3-4-11)6-14(19(25)26)18(24)23(16)8-15(17)20;/h6,8-9,11-12H,3-5,7,21H2,1-2H3,(H,25,26);1H/t9-,12-;/m0./s1. The number of carbonyl (C=O) groups is 1. The van der Waals surface area contributed by atoms with Crippen molar-refractivity contribution in [3.63, 3.8) is 0 Å². The Morgan fingerprint density at radius 3 is 2.56 bits per heavy atom. The van der Waals surface area contributed by atoms with Gasteiger partial charge in [-0.05, 0) is 56.2 Å². The Bertz CT molecular complexity index is 987. The first-order valence-corrected chi connectivity index (χ1v) is 8.93. The predicted octanol–water partition coefficient (Wildman–Crippen LogP) is 2.67. The van der Waals surface area contributed by atoms with Crippen LogP contribution in [0.25, 0.3) is 5.52 Å². The van der Waals surface area contributed by atoms with E-state index >= 15 is 4.39 Å². The van der Waals surface area contributed by atoms with Crippen molar-refractivity contribution < 1.29 is 14.3 Å². The zero-order chi connectivity index (χ0) is 18.7. The summed E-state index contributed by atoms with van der Waals surface area (Å²) < 4.78 is 16.2. The van der Waals surface area contributed by atoms with E-state index in [1.54, 1.807) is 6.92 Å². The number of anilines is 1. The highest BCUT2D eigenvalue weighted by atomic mass is 35.5. The molecule has 146 valence electrons. The molecule has 6 nitrogen and oxygen atoms in total. The first-order chi connectivity index (χ1) is 12.3. The molecular weight excluding hydrogens is 373 g/mol. The number of nitrogens with two attached hydrogens (primary N) is 1. The van der Waals surface area contributed by atoms with Crippen molar-refractivity contribution >= 4 is 29.6 Å². The number of aromatic nitrogens is 1. The normalized spacial score (nSPS) is 22.1. The van der Waals surface area contributed by atoms with Crippen LogP contribution in [0, 0.1) is 12.7 Å². The molecule has 0 radical (unpaired) electrons. The zero-order valence-corrected chi connectivity index (χ0v) is 16.1. The minimum absolute atomic E-state index is 0. The van der Waals surface area contributed by atoms with Crippen molar-refractivity contribution in [2.75, 3.05) is 11.4 Å². The quantitative estimate of drug-likeness (QED) is 0.834. The molecule has 2 aromatic heterocycles. The fourth-order valence-electron chi connectivity index (χ4n) is 4.24. The van der Waals surface area contributed by atoms with Crippen LogP contribution < -0.4 is 16.2 Å². The summed E-state index contributed by atoms with van der Waals surface area (Å²) in [6, 6.07) is 1.57. The van der Waals surface area contributed by atoms with Crippen LogP contribution >= 0.6 is 12.4 Å². The zero-order valence-electron chi connectivity index (χ0n) is 15.2. The number of halogens is 2. The lowest BCUT2D eigenvalue weighted by Gasteiger charge is -2.27. The van der Waals surface area contributed by atoms with E-state index < -0.39 is 17.3 Å². The van der Waals surface area contributed by atoms with Gasteiger partial charge in [0, 0.05) is 18.6 Å². The molecule has 2 fully saturated rings. The number of nitrogens with zero attached hydrogens (tertiary/aromatic N) is 2. The summed E-state index contributed by atoms with van der Waals surface area (Å²) in [5.74, 6) is -1.59. The number of carboxylic acid groups (broad SMARTS) is 1. The second kappa shape index (κ2) is 6.80. The molecule has 1 aliphatic heterocycles. The van der Waals surface area contributed by atoms with Gasteiger partial charge in [-0.2, -0.15) is 0 Å². The molecule has 27 heavy (non-hydrogen) atoms. The Balaban J connectivity index is 0.00000210. The van der Waals surface area contributed by atoms with Gasteiger partial charge >= 0.3 is 5.97 Å². The van der Waals surface area contributed by atoms with Crippen LogP contribution in [0.1, 0.15) is 53.6 Å². The lowest BCUT2D eigenvalue weighted by atomic mass is 10.0. The van der Waals surface area contributed by atoms with E-state index in [-0.39, 0.29) is 36.0 Å². The molecule has 0 spiro atoms. The summed E-state index contributed by atoms with van der Waals surface area (Å²) in [7, 11) is 0. The fourth-order valence-corrected chi connectivity index (χ4v) is 4.24. The van der Waals surface area contributed by atoms with Gasteiger partial charge in [-0.1, -0.05) is 0 Å². The average Bonchev–Trinajstić information content (AvgIpc) is 3.34. The first-order valence-electron chi connectivity index (χ1n) is 8.93. The molecule has 8 heteroatoms. The number of hydrogen-bond acceptors (Lipinski definition) is 4. The van der Waals surface area contributed by atoms with Gasteiger partial charge < -0.3 is 15.7 Å². The average molecular weight is 396 g/mol. The van der Waals surface area contributed by atoms with Crippen molar-refractivity contribution in [1.82, 2.24) is 4.40 Å². The maximum atomic E-state index is 15.0. The lowest BCUT2D eigenvalue weighted by molar-refractivity contribution is 0.0694. The molecule has 3 heterocycles. The molecule has 2 aromatic rings. The van der Waals surface area contributed by atoms with Gasteiger partial charge in [0.15, 0.2) is 5.82 Å². The summed E-state index contributed by atoms with van der Waals surface area (Å²) in [6.45, 7) is 4.37. The highest BCUT2D eigenvalue weighted by molar-refractivity contribution is 5.89. The molecule has 2 aliphatic rings. The fraction of sp³-hybridized carbons (Fsp3) is 0.474. The number of aromatic carboxylic acids is 1. The molecule has 4 rings (SSSR count). The van der Waals surface area contributed by atoms with Gasteiger partial charge in [0.2, 0.25) is 0 Å². The van der Waals surface area contributed by atoms with E-state index in [4.69, 9.17) is 5.73 Å². The van der Waals surface area contributed by atoms with Crippen LogP contribution in [0.3, 0.4) is 0 Å². The molecule has 0 amide bonds. The van der Waals surface area contributed by atoms with Gasteiger partial charge in [-0.25, -0.2) is 9.18 Å². The molecule has 1 aliphatic carbocycles. The van der Waals surface area contributed by atoms with Crippen molar-refractivity contribution in [3.8, 4) is 0 Å². The number of fused-ring (bicyclic) bond motifs is 1. The highest BCUT2D eigenvalue weighted by Gasteiger charge is 2.33. The van der Waals surface area contributed by atoms with Crippen LogP contribution in [0.15, 0.2) is 17.1 Å². The third kappa shape index (κ3) is 3.08. The predicted molar refractivity (Wildman–Crippen MR) is 104 cm³/mol. The van der Waals surface area contributed by atoms with Crippen molar-refractivity contribution in [1.29, 1.82) is 0 Å². The summed E-state index contributed by atoms with van der Waals surface area (Å²) in [5.41, 5.74) is 7.62. The molecule has 1 saturated carbocycles. The Kier molecular flexibility index (Phi) is 4.94. The van der Waals surface area contributed by atoms with E-state index in [2.05, 4.69) is 0 Å². The van der Waals surface area contributed by atoms with E-state index in [1.807, 2.05) is 11.8 Å². The molecule has 0 unspecified atom stereocenters. The van der Waals surface area contributed by atoms with E-state index in [1.165, 1.54) is 10.5 Å².